The molecule has 0 spiro atoms. The number of ether oxygens (including phenoxy) is 1. The molecule has 5 nitrogen and oxygen atoms in total. The van der Waals surface area contributed by atoms with Crippen molar-refractivity contribution in [3.05, 3.63) is 71.0 Å². The van der Waals surface area contributed by atoms with Crippen molar-refractivity contribution in [3.63, 3.8) is 0 Å². The van der Waals surface area contributed by atoms with Gasteiger partial charge in [-0.05, 0) is 91.5 Å². The maximum Gasteiger partial charge on any atom is 0.322 e. The van der Waals surface area contributed by atoms with Crippen molar-refractivity contribution < 1.29 is 24.2 Å². The third-order valence-corrected chi connectivity index (χ3v) is 3.42. The summed E-state index contributed by atoms with van der Waals surface area (Å²) in [6.07, 6.45) is 5.47. The summed E-state index contributed by atoms with van der Waals surface area (Å²) in [6, 6.07) is 0. The maximum absolute atomic E-state index is 9.33. The van der Waals surface area contributed by atoms with E-state index >= 15 is 0 Å². The van der Waals surface area contributed by atoms with E-state index in [0.717, 1.165) is 29.3 Å². The fraction of sp³-hybridized carbons (Fsp3) is 0.556. The highest BCUT2D eigenvalue weighted by molar-refractivity contribution is 7.50. The van der Waals surface area contributed by atoms with E-state index in [0.29, 0.717) is 11.7 Å². The fourth-order valence-electron chi connectivity index (χ4n) is 1.35. The molecule has 0 unspecified atom stereocenters. The van der Waals surface area contributed by atoms with Crippen molar-refractivity contribution in [2.24, 2.45) is 5.92 Å². The van der Waals surface area contributed by atoms with Gasteiger partial charge in [-0.2, -0.15) is 0 Å². The van der Waals surface area contributed by atoms with Gasteiger partial charge in [0.05, 0.1) is 11.5 Å². The van der Waals surface area contributed by atoms with Gasteiger partial charge in [0, 0.05) is 6.66 Å². The SMILES string of the molecule is C/C=C(\C)OC(C)=C(C)C.C=C(C)C=C(C)C.C=C/C(O)=C(\C)C(C)C.CC.CP(=O)(O)O. The summed E-state index contributed by atoms with van der Waals surface area (Å²) in [7, 11) is -3.64. The maximum atomic E-state index is 9.33. The lowest BCUT2D eigenvalue weighted by molar-refractivity contribution is 0.303. The molecule has 0 saturated heterocycles. The van der Waals surface area contributed by atoms with E-state index in [2.05, 4.69) is 33.1 Å². The Morgan fingerprint density at radius 1 is 0.970 bits per heavy atom. The van der Waals surface area contributed by atoms with Crippen LogP contribution in [0.2, 0.25) is 0 Å². The molecular formula is C27H53O5P. The number of allylic oxidation sites excluding steroid dienone is 9. The average Bonchev–Trinajstić information content (AvgIpc) is 2.66. The second kappa shape index (κ2) is 24.8. The first-order valence-electron chi connectivity index (χ1n) is 11.1. The van der Waals surface area contributed by atoms with Crippen LogP contribution in [-0.2, 0) is 9.30 Å². The first-order valence-corrected chi connectivity index (χ1v) is 13.2. The second-order valence-corrected chi connectivity index (χ2v) is 9.56. The highest BCUT2D eigenvalue weighted by Crippen LogP contribution is 2.26. The van der Waals surface area contributed by atoms with Crippen LogP contribution in [0.5, 0.6) is 0 Å². The summed E-state index contributed by atoms with van der Waals surface area (Å²) in [4.78, 5) is 15.3. The lowest BCUT2D eigenvalue weighted by atomic mass is 10.0. The number of aliphatic hydroxyl groups is 1. The predicted octanol–water partition coefficient (Wildman–Crippen LogP) is 9.25. The zero-order valence-electron chi connectivity index (χ0n) is 23.8. The zero-order valence-corrected chi connectivity index (χ0v) is 24.7. The Hall–Kier alpha value is -1.81. The minimum Gasteiger partial charge on any atom is -0.508 e. The molecule has 0 fully saturated rings. The van der Waals surface area contributed by atoms with Crippen LogP contribution in [-0.4, -0.2) is 21.6 Å². The van der Waals surface area contributed by atoms with Crippen LogP contribution in [0, 0.1) is 5.92 Å². The first-order chi connectivity index (χ1) is 14.8. The molecule has 0 aliphatic rings. The van der Waals surface area contributed by atoms with Crippen LogP contribution in [0.1, 0.15) is 90.0 Å². The van der Waals surface area contributed by atoms with Crippen LogP contribution >= 0.6 is 7.60 Å². The van der Waals surface area contributed by atoms with Crippen molar-refractivity contribution in [2.45, 2.75) is 90.0 Å². The third-order valence-electron chi connectivity index (χ3n) is 3.42. The normalized spacial score (nSPS) is 10.6. The van der Waals surface area contributed by atoms with Crippen LogP contribution in [0.25, 0.3) is 0 Å². The second-order valence-electron chi connectivity index (χ2n) is 7.89. The molecule has 0 heterocycles. The Labute approximate surface area is 205 Å². The summed E-state index contributed by atoms with van der Waals surface area (Å²) in [6.45, 7) is 34.1. The van der Waals surface area contributed by atoms with Gasteiger partial charge in [0.1, 0.15) is 5.76 Å². The monoisotopic (exact) mass is 488 g/mol. The molecule has 0 saturated carbocycles. The topological polar surface area (TPSA) is 87.0 Å². The molecule has 0 aromatic heterocycles. The molecule has 0 aliphatic heterocycles. The quantitative estimate of drug-likeness (QED) is 0.204. The number of aliphatic hydroxyl groups excluding tert-OH is 1. The van der Waals surface area contributed by atoms with E-state index in [1.54, 1.807) is 0 Å². The van der Waals surface area contributed by atoms with Crippen molar-refractivity contribution in [2.75, 3.05) is 6.66 Å². The van der Waals surface area contributed by atoms with Crippen LogP contribution in [0.15, 0.2) is 71.0 Å². The summed E-state index contributed by atoms with van der Waals surface area (Å²) in [5.41, 5.74) is 4.65. The van der Waals surface area contributed by atoms with Crippen molar-refractivity contribution in [3.8, 4) is 0 Å². The molecule has 0 aliphatic carbocycles. The van der Waals surface area contributed by atoms with Gasteiger partial charge >= 0.3 is 7.60 Å². The molecule has 196 valence electrons. The van der Waals surface area contributed by atoms with Crippen LogP contribution in [0.4, 0.5) is 0 Å². The average molecular weight is 489 g/mol. The molecule has 0 amide bonds. The molecule has 0 atom stereocenters. The van der Waals surface area contributed by atoms with Crippen LogP contribution < -0.4 is 0 Å². The molecule has 0 rings (SSSR count). The van der Waals surface area contributed by atoms with Gasteiger partial charge in [-0.25, -0.2) is 0 Å². The highest BCUT2D eigenvalue weighted by atomic mass is 31.2. The summed E-state index contributed by atoms with van der Waals surface area (Å²) < 4.78 is 14.7. The molecular weight excluding hydrogens is 435 g/mol. The van der Waals surface area contributed by atoms with E-state index in [1.165, 1.54) is 17.2 Å². The number of hydrogen-bond acceptors (Lipinski definition) is 3. The van der Waals surface area contributed by atoms with Crippen molar-refractivity contribution in [1.82, 2.24) is 0 Å². The van der Waals surface area contributed by atoms with E-state index in [9.17, 15) is 4.57 Å². The molecule has 0 radical (unpaired) electrons. The Morgan fingerprint density at radius 2 is 1.33 bits per heavy atom. The van der Waals surface area contributed by atoms with Crippen LogP contribution in [0.3, 0.4) is 0 Å². The lowest BCUT2D eigenvalue weighted by Crippen LogP contribution is -1.92. The first kappa shape index (κ1) is 41.4. The smallest absolute Gasteiger partial charge is 0.322 e. The predicted molar refractivity (Wildman–Crippen MR) is 148 cm³/mol. The molecule has 0 aromatic carbocycles. The third kappa shape index (κ3) is 48.7. The number of hydrogen-bond donors (Lipinski definition) is 3. The fourth-order valence-corrected chi connectivity index (χ4v) is 1.35. The summed E-state index contributed by atoms with van der Waals surface area (Å²) >= 11 is 0. The Balaban J connectivity index is -0.000000106. The lowest BCUT2D eigenvalue weighted by Gasteiger charge is -2.06. The van der Waals surface area contributed by atoms with Gasteiger partial charge < -0.3 is 19.6 Å². The Bertz CT molecular complexity index is 686. The molecule has 0 aromatic rings. The zero-order chi connectivity index (χ0) is 27.9. The van der Waals surface area contributed by atoms with Crippen molar-refractivity contribution in [1.29, 1.82) is 0 Å². The minimum absolute atomic E-state index is 0.310. The number of rotatable bonds is 5. The standard InChI is InChI=1S/C9H16O.C8H14O.C7H12.C2H6.CH5O3P/c1-6-8(4)10-9(5)7(2)3;1-5-8(9)7(4)6(2)3;1-6(2)5-7(3)4;1-2;1-5(2,3)4/h6H,1-5H3;5-6,9H,1H2,2-4H3;5H,1H2,2-4H3;1-2H3;1H3,(H2,2,3,4)/b8-6+;8-7-;;;. The van der Waals surface area contributed by atoms with Gasteiger partial charge in [-0.15, -0.1) is 0 Å². The van der Waals surface area contributed by atoms with E-state index < -0.39 is 7.60 Å². The van der Waals surface area contributed by atoms with Gasteiger partial charge in [-0.1, -0.05) is 58.1 Å². The minimum atomic E-state index is -3.64. The Kier molecular flexibility index (Phi) is 31.2. The Morgan fingerprint density at radius 3 is 1.45 bits per heavy atom. The molecule has 0 bridgehead atoms. The van der Waals surface area contributed by atoms with Gasteiger partial charge in [-0.3, -0.25) is 4.57 Å². The van der Waals surface area contributed by atoms with Gasteiger partial charge in [0.15, 0.2) is 0 Å². The van der Waals surface area contributed by atoms with E-state index in [4.69, 9.17) is 19.6 Å². The summed E-state index contributed by atoms with van der Waals surface area (Å²) in [5.74, 6) is 2.67. The van der Waals surface area contributed by atoms with Gasteiger partial charge in [0.2, 0.25) is 0 Å². The highest BCUT2D eigenvalue weighted by Gasteiger charge is 1.99. The van der Waals surface area contributed by atoms with Gasteiger partial charge in [0.25, 0.3) is 0 Å². The van der Waals surface area contributed by atoms with Crippen molar-refractivity contribution >= 4 is 7.60 Å². The summed E-state index contributed by atoms with van der Waals surface area (Å²) in [5, 5.41) is 9.06. The van der Waals surface area contributed by atoms with E-state index in [-0.39, 0.29) is 0 Å². The van der Waals surface area contributed by atoms with E-state index in [1.807, 2.05) is 82.2 Å². The molecule has 33 heavy (non-hydrogen) atoms. The largest absolute Gasteiger partial charge is 0.508 e. The molecule has 3 N–H and O–H groups in total. The molecule has 6 heteroatoms.